The topological polar surface area (TPSA) is 97.4 Å². The lowest BCUT2D eigenvalue weighted by Gasteiger charge is -2.25. The summed E-state index contributed by atoms with van der Waals surface area (Å²) in [4.78, 5) is 11.5. The number of morpholine rings is 1. The Labute approximate surface area is 211 Å². The number of furan rings is 1. The van der Waals surface area contributed by atoms with Gasteiger partial charge in [0.1, 0.15) is 17.7 Å². The molecule has 9 nitrogen and oxygen atoms in total. The van der Waals surface area contributed by atoms with E-state index in [2.05, 4.69) is 32.2 Å². The van der Waals surface area contributed by atoms with Crippen molar-refractivity contribution < 1.29 is 9.15 Å². The van der Waals surface area contributed by atoms with Gasteiger partial charge in [0.05, 0.1) is 42.2 Å². The lowest BCUT2D eigenvalue weighted by molar-refractivity contribution is 0.0248. The Morgan fingerprint density at radius 1 is 1.05 bits per heavy atom. The number of hydrogen-bond donors (Lipinski definition) is 1. The number of aromatic amines is 1. The summed E-state index contributed by atoms with van der Waals surface area (Å²) in [5.41, 5.74) is 7.43. The maximum absolute atomic E-state index is 6.03. The van der Waals surface area contributed by atoms with E-state index < -0.39 is 0 Å². The van der Waals surface area contributed by atoms with E-state index in [1.54, 1.807) is 12.4 Å². The van der Waals surface area contributed by atoms with Crippen LogP contribution in [-0.2, 0) is 11.3 Å². The summed E-state index contributed by atoms with van der Waals surface area (Å²) >= 11 is 0. The van der Waals surface area contributed by atoms with Crippen LogP contribution in [0, 0.1) is 0 Å². The fourth-order valence-electron chi connectivity index (χ4n) is 5.78. The Bertz CT molecular complexity index is 1750. The largest absolute Gasteiger partial charge is 0.467 e. The van der Waals surface area contributed by atoms with Crippen molar-refractivity contribution in [3.05, 3.63) is 79.3 Å². The summed E-state index contributed by atoms with van der Waals surface area (Å²) in [6.45, 7) is 2.58. The molecule has 8 rings (SSSR count). The number of nitrogens with zero attached hydrogens (tertiary/aromatic N) is 6. The Balaban J connectivity index is 1.28. The van der Waals surface area contributed by atoms with Gasteiger partial charge < -0.3 is 9.15 Å². The number of rotatable bonds is 5. The normalized spacial score (nSPS) is 19.5. The van der Waals surface area contributed by atoms with E-state index in [-0.39, 0.29) is 0 Å². The molecule has 0 radical (unpaired) electrons. The Morgan fingerprint density at radius 2 is 2.00 bits per heavy atom. The molecule has 2 saturated heterocycles. The molecule has 0 unspecified atom stereocenters. The maximum Gasteiger partial charge on any atom is 0.164 e. The predicted molar refractivity (Wildman–Crippen MR) is 138 cm³/mol. The van der Waals surface area contributed by atoms with Gasteiger partial charge in [0, 0.05) is 47.7 Å². The second-order valence-corrected chi connectivity index (χ2v) is 9.74. The van der Waals surface area contributed by atoms with Crippen molar-refractivity contribution >= 4 is 16.6 Å². The number of fused-ring (bicyclic) bond motifs is 4. The molecular weight excluding hydrogens is 466 g/mol. The van der Waals surface area contributed by atoms with E-state index in [9.17, 15) is 0 Å². The molecule has 0 spiro atoms. The van der Waals surface area contributed by atoms with E-state index in [0.29, 0.717) is 12.1 Å². The maximum atomic E-state index is 6.03. The molecule has 2 bridgehead atoms. The molecule has 0 amide bonds. The molecule has 0 saturated carbocycles. The van der Waals surface area contributed by atoms with Gasteiger partial charge in [0.2, 0.25) is 0 Å². The zero-order chi connectivity index (χ0) is 24.3. The van der Waals surface area contributed by atoms with Crippen LogP contribution in [0.4, 0.5) is 0 Å². The molecular formula is C28H23N7O2. The monoisotopic (exact) mass is 489 g/mol. The summed E-state index contributed by atoms with van der Waals surface area (Å²) in [7, 11) is 0. The smallest absolute Gasteiger partial charge is 0.164 e. The fraction of sp³-hybridized carbons (Fsp3) is 0.214. The number of aromatic nitrogens is 6. The van der Waals surface area contributed by atoms with Crippen LogP contribution in [-0.4, -0.2) is 60.0 Å². The second kappa shape index (κ2) is 8.09. The lowest BCUT2D eigenvalue weighted by Crippen LogP contribution is -2.36. The molecule has 9 heteroatoms. The van der Waals surface area contributed by atoms with Gasteiger partial charge in [-0.05, 0) is 42.3 Å². The van der Waals surface area contributed by atoms with Crippen LogP contribution in [0.15, 0.2) is 77.9 Å². The van der Waals surface area contributed by atoms with Crippen molar-refractivity contribution in [1.29, 1.82) is 0 Å². The predicted octanol–water partition coefficient (Wildman–Crippen LogP) is 4.57. The molecule has 7 heterocycles. The van der Waals surface area contributed by atoms with Crippen molar-refractivity contribution in [2.75, 3.05) is 13.2 Å². The highest BCUT2D eigenvalue weighted by atomic mass is 16.5. The molecule has 2 aliphatic rings. The first kappa shape index (κ1) is 20.8. The van der Waals surface area contributed by atoms with Gasteiger partial charge in [-0.2, -0.15) is 10.2 Å². The van der Waals surface area contributed by atoms with Gasteiger partial charge in [0.25, 0.3) is 0 Å². The van der Waals surface area contributed by atoms with E-state index >= 15 is 0 Å². The second-order valence-electron chi connectivity index (χ2n) is 9.74. The number of nitrogens with one attached hydrogen (secondary N) is 1. The molecule has 0 aliphatic carbocycles. The van der Waals surface area contributed by atoms with Gasteiger partial charge in [0.15, 0.2) is 5.65 Å². The minimum Gasteiger partial charge on any atom is -0.467 e. The Morgan fingerprint density at radius 3 is 2.86 bits per heavy atom. The van der Waals surface area contributed by atoms with Gasteiger partial charge in [-0.15, -0.1) is 0 Å². The van der Waals surface area contributed by atoms with E-state index in [1.807, 2.05) is 53.5 Å². The van der Waals surface area contributed by atoms with Crippen molar-refractivity contribution in [3.63, 3.8) is 0 Å². The standard InChI is InChI=1S/C28H23N7O2/c1-2-22(23-12-31-32-24(23)3-1)26-27(17-4-7-29-8-5-17)33-35-25(6-9-30-28(26)35)18-10-20(36-15-18)13-34-14-21-11-19(34)16-37-21/h1-10,12,15,19,21H,11,13-14,16H2,(H,31,32)/t19-,21+/m1/s1. The lowest BCUT2D eigenvalue weighted by atomic mass is 9.99. The van der Waals surface area contributed by atoms with Gasteiger partial charge in [-0.1, -0.05) is 12.1 Å². The first-order valence-electron chi connectivity index (χ1n) is 12.5. The average Bonchev–Trinajstić information content (AvgIpc) is 3.76. The van der Waals surface area contributed by atoms with Crippen LogP contribution >= 0.6 is 0 Å². The Hall–Kier alpha value is -4.34. The number of pyridine rings is 1. The summed E-state index contributed by atoms with van der Waals surface area (Å²) in [5.74, 6) is 0.942. The molecule has 1 aromatic carbocycles. The zero-order valence-corrected chi connectivity index (χ0v) is 19.9. The average molecular weight is 490 g/mol. The third-order valence-electron chi connectivity index (χ3n) is 7.55. The van der Waals surface area contributed by atoms with Crippen molar-refractivity contribution in [2.24, 2.45) is 0 Å². The van der Waals surface area contributed by atoms with Crippen LogP contribution in [0.2, 0.25) is 0 Å². The minimum atomic E-state index is 0.369. The SMILES string of the molecule is c1cc(-c2c(-c3ccncc3)nn3c(-c4coc(CN5C[C@@H]6C[C@@H]5CO6)c4)ccnc23)c2cn[nH]c2c1. The van der Waals surface area contributed by atoms with Crippen LogP contribution < -0.4 is 0 Å². The van der Waals surface area contributed by atoms with Crippen LogP contribution in [0.3, 0.4) is 0 Å². The van der Waals surface area contributed by atoms with Crippen molar-refractivity contribution in [2.45, 2.75) is 25.1 Å². The quantitative estimate of drug-likeness (QED) is 0.379. The van der Waals surface area contributed by atoms with E-state index in [0.717, 1.165) is 82.1 Å². The molecule has 37 heavy (non-hydrogen) atoms. The summed E-state index contributed by atoms with van der Waals surface area (Å²) in [5, 5.41) is 13.5. The highest BCUT2D eigenvalue weighted by Gasteiger charge is 2.39. The van der Waals surface area contributed by atoms with Crippen molar-refractivity contribution in [3.8, 4) is 33.6 Å². The highest BCUT2D eigenvalue weighted by molar-refractivity contribution is 6.02. The third kappa shape index (κ3) is 3.32. The van der Waals surface area contributed by atoms with Crippen LogP contribution in [0.25, 0.3) is 50.2 Å². The number of likely N-dealkylation sites (tertiary alicyclic amines) is 1. The molecule has 1 N–H and O–H groups in total. The molecule has 2 fully saturated rings. The molecule has 2 aliphatic heterocycles. The van der Waals surface area contributed by atoms with Gasteiger partial charge in [-0.3, -0.25) is 15.0 Å². The van der Waals surface area contributed by atoms with E-state index in [4.69, 9.17) is 19.2 Å². The number of benzene rings is 1. The first-order chi connectivity index (χ1) is 18.3. The molecule has 5 aromatic heterocycles. The number of H-pyrrole nitrogens is 1. The number of ether oxygens (including phenoxy) is 1. The van der Waals surface area contributed by atoms with Crippen LogP contribution in [0.1, 0.15) is 12.2 Å². The molecule has 2 atom stereocenters. The van der Waals surface area contributed by atoms with Crippen molar-refractivity contribution in [1.82, 2.24) is 34.7 Å². The molecule has 182 valence electrons. The van der Waals surface area contributed by atoms with Gasteiger partial charge >= 0.3 is 0 Å². The minimum absolute atomic E-state index is 0.369. The van der Waals surface area contributed by atoms with Gasteiger partial charge in [-0.25, -0.2) is 9.50 Å². The summed E-state index contributed by atoms with van der Waals surface area (Å²) < 4.78 is 13.7. The number of hydrogen-bond acceptors (Lipinski definition) is 7. The third-order valence-corrected chi connectivity index (χ3v) is 7.55. The van der Waals surface area contributed by atoms with Crippen LogP contribution in [0.5, 0.6) is 0 Å². The fourth-order valence-corrected chi connectivity index (χ4v) is 5.78. The first-order valence-corrected chi connectivity index (χ1v) is 12.5. The molecule has 6 aromatic rings. The Kier molecular flexibility index (Phi) is 4.55. The summed E-state index contributed by atoms with van der Waals surface area (Å²) in [6, 6.07) is 14.7. The zero-order valence-electron chi connectivity index (χ0n) is 19.9. The highest BCUT2D eigenvalue weighted by Crippen LogP contribution is 2.39. The van der Waals surface area contributed by atoms with E-state index in [1.165, 1.54) is 0 Å². The summed E-state index contributed by atoms with van der Waals surface area (Å²) in [6.07, 6.45) is 10.6.